The van der Waals surface area contributed by atoms with Crippen LogP contribution in [-0.4, -0.2) is 34.3 Å². The summed E-state index contributed by atoms with van der Waals surface area (Å²) in [4.78, 5) is 2.00. The van der Waals surface area contributed by atoms with Crippen LogP contribution in [0.2, 0.25) is 5.02 Å². The van der Waals surface area contributed by atoms with Crippen LogP contribution in [0.4, 0.5) is 5.69 Å². The molecule has 1 heterocycles. The molecule has 2 N–H and O–H groups in total. The zero-order valence-electron chi connectivity index (χ0n) is 10.3. The van der Waals surface area contributed by atoms with Crippen molar-refractivity contribution in [3.8, 4) is 0 Å². The van der Waals surface area contributed by atoms with E-state index in [0.29, 0.717) is 11.7 Å². The second kappa shape index (κ2) is 5.87. The molecule has 1 fully saturated rings. The van der Waals surface area contributed by atoms with Gasteiger partial charge in [-0.05, 0) is 49.7 Å². The molecule has 98 valence electrons. The maximum Gasteiger partial charge on any atom is 0.173 e. The van der Waals surface area contributed by atoms with E-state index in [0.717, 1.165) is 35.7 Å². The minimum atomic E-state index is -0.278. The van der Waals surface area contributed by atoms with E-state index in [-0.39, 0.29) is 6.10 Å². The number of halogens is 1. The SMILES string of the molecule is Cc1ccc(NC(=S)N2CCC[C@H](O)C2)cc1Cl. The summed E-state index contributed by atoms with van der Waals surface area (Å²) in [6.45, 7) is 3.46. The number of likely N-dealkylation sites (tertiary alicyclic amines) is 1. The lowest BCUT2D eigenvalue weighted by Gasteiger charge is -2.32. The molecule has 0 amide bonds. The lowest BCUT2D eigenvalue weighted by atomic mass is 10.1. The van der Waals surface area contributed by atoms with E-state index >= 15 is 0 Å². The van der Waals surface area contributed by atoms with Gasteiger partial charge in [0.05, 0.1) is 6.10 Å². The summed E-state index contributed by atoms with van der Waals surface area (Å²) in [6.07, 6.45) is 1.55. The monoisotopic (exact) mass is 284 g/mol. The number of hydrogen-bond donors (Lipinski definition) is 2. The number of benzene rings is 1. The molecule has 1 aromatic carbocycles. The third kappa shape index (κ3) is 3.34. The predicted octanol–water partition coefficient (Wildman–Crippen LogP) is 2.80. The van der Waals surface area contributed by atoms with Crippen molar-refractivity contribution in [3.05, 3.63) is 28.8 Å². The second-order valence-corrected chi connectivity index (χ2v) is 5.43. The minimum Gasteiger partial charge on any atom is -0.391 e. The molecule has 5 heteroatoms. The molecule has 1 aromatic rings. The summed E-state index contributed by atoms with van der Waals surface area (Å²) >= 11 is 11.4. The average molecular weight is 285 g/mol. The molecule has 1 aliphatic heterocycles. The van der Waals surface area contributed by atoms with Crippen molar-refractivity contribution in [1.29, 1.82) is 0 Å². The first kappa shape index (κ1) is 13.6. The van der Waals surface area contributed by atoms with E-state index in [1.54, 1.807) is 0 Å². The molecule has 3 nitrogen and oxygen atoms in total. The largest absolute Gasteiger partial charge is 0.391 e. The van der Waals surface area contributed by atoms with Gasteiger partial charge in [0.1, 0.15) is 0 Å². The van der Waals surface area contributed by atoms with E-state index < -0.39 is 0 Å². The number of aliphatic hydroxyl groups excluding tert-OH is 1. The third-order valence-electron chi connectivity index (χ3n) is 3.11. The van der Waals surface area contributed by atoms with Gasteiger partial charge in [0.25, 0.3) is 0 Å². The van der Waals surface area contributed by atoms with Crippen LogP contribution in [0.5, 0.6) is 0 Å². The van der Waals surface area contributed by atoms with E-state index in [1.165, 1.54) is 0 Å². The van der Waals surface area contributed by atoms with Crippen molar-refractivity contribution in [2.75, 3.05) is 18.4 Å². The maximum absolute atomic E-state index is 9.62. The van der Waals surface area contributed by atoms with Gasteiger partial charge in [-0.2, -0.15) is 0 Å². The zero-order valence-corrected chi connectivity index (χ0v) is 11.9. The van der Waals surface area contributed by atoms with Crippen molar-refractivity contribution < 1.29 is 5.11 Å². The Labute approximate surface area is 118 Å². The van der Waals surface area contributed by atoms with E-state index in [9.17, 15) is 5.11 Å². The second-order valence-electron chi connectivity index (χ2n) is 4.64. The highest BCUT2D eigenvalue weighted by atomic mass is 35.5. The molecular formula is C13H17ClN2OS. The summed E-state index contributed by atoms with van der Waals surface area (Å²) in [5, 5.41) is 14.2. The van der Waals surface area contributed by atoms with Gasteiger partial charge in [-0.3, -0.25) is 0 Å². The van der Waals surface area contributed by atoms with Crippen LogP contribution >= 0.6 is 23.8 Å². The molecule has 0 saturated carbocycles. The maximum atomic E-state index is 9.62. The number of thiocarbonyl (C=S) groups is 1. The van der Waals surface area contributed by atoms with Crippen molar-refractivity contribution in [2.45, 2.75) is 25.9 Å². The lowest BCUT2D eigenvalue weighted by Crippen LogP contribution is -2.44. The Morgan fingerprint density at radius 2 is 2.33 bits per heavy atom. The first-order chi connectivity index (χ1) is 8.56. The van der Waals surface area contributed by atoms with Gasteiger partial charge in [-0.25, -0.2) is 0 Å². The van der Waals surface area contributed by atoms with E-state index in [4.69, 9.17) is 23.8 Å². The number of aryl methyl sites for hydroxylation is 1. The Kier molecular flexibility index (Phi) is 4.43. The van der Waals surface area contributed by atoms with Crippen LogP contribution in [-0.2, 0) is 0 Å². The van der Waals surface area contributed by atoms with Crippen LogP contribution in [0, 0.1) is 6.92 Å². The Bertz CT molecular complexity index is 453. The van der Waals surface area contributed by atoms with Gasteiger partial charge in [0, 0.05) is 23.8 Å². The topological polar surface area (TPSA) is 35.5 Å². The number of piperidine rings is 1. The predicted molar refractivity (Wildman–Crippen MR) is 79.2 cm³/mol. The van der Waals surface area contributed by atoms with Gasteiger partial charge in [-0.15, -0.1) is 0 Å². The number of β-amino-alcohol motifs (C(OH)–C–C–N with tert-alkyl or cyclic N) is 1. The van der Waals surface area contributed by atoms with Crippen LogP contribution in [0.25, 0.3) is 0 Å². The fourth-order valence-corrected chi connectivity index (χ4v) is 2.48. The summed E-state index contributed by atoms with van der Waals surface area (Å²) in [5.41, 5.74) is 1.93. The van der Waals surface area contributed by atoms with Crippen molar-refractivity contribution in [2.24, 2.45) is 0 Å². The first-order valence-electron chi connectivity index (χ1n) is 6.06. The fourth-order valence-electron chi connectivity index (χ4n) is 2.01. The van der Waals surface area contributed by atoms with Crippen LogP contribution < -0.4 is 5.32 Å². The Hall–Kier alpha value is -0.840. The highest BCUT2D eigenvalue weighted by Crippen LogP contribution is 2.20. The minimum absolute atomic E-state index is 0.278. The molecule has 0 spiro atoms. The summed E-state index contributed by atoms with van der Waals surface area (Å²) in [6, 6.07) is 5.77. The lowest BCUT2D eigenvalue weighted by molar-refractivity contribution is 0.104. The summed E-state index contributed by atoms with van der Waals surface area (Å²) < 4.78 is 0. The van der Waals surface area contributed by atoms with Crippen molar-refractivity contribution in [1.82, 2.24) is 4.90 Å². The Morgan fingerprint density at radius 3 is 3.00 bits per heavy atom. The molecule has 0 bridgehead atoms. The number of nitrogens with zero attached hydrogens (tertiary/aromatic N) is 1. The van der Waals surface area contributed by atoms with Gasteiger partial charge < -0.3 is 15.3 Å². The van der Waals surface area contributed by atoms with Gasteiger partial charge in [0.15, 0.2) is 5.11 Å². The highest BCUT2D eigenvalue weighted by molar-refractivity contribution is 7.80. The van der Waals surface area contributed by atoms with Gasteiger partial charge >= 0.3 is 0 Å². The number of nitrogens with one attached hydrogen (secondary N) is 1. The molecular weight excluding hydrogens is 268 g/mol. The molecule has 1 atom stereocenters. The molecule has 1 aliphatic rings. The van der Waals surface area contributed by atoms with Crippen LogP contribution in [0.15, 0.2) is 18.2 Å². The van der Waals surface area contributed by atoms with Crippen molar-refractivity contribution >= 4 is 34.6 Å². The number of anilines is 1. The fraction of sp³-hybridized carbons (Fsp3) is 0.462. The molecule has 18 heavy (non-hydrogen) atoms. The molecule has 0 radical (unpaired) electrons. The summed E-state index contributed by atoms with van der Waals surface area (Å²) in [5.74, 6) is 0. The Morgan fingerprint density at radius 1 is 1.56 bits per heavy atom. The van der Waals surface area contributed by atoms with Gasteiger partial charge in [0.2, 0.25) is 0 Å². The molecule has 1 saturated heterocycles. The zero-order chi connectivity index (χ0) is 13.1. The third-order valence-corrected chi connectivity index (χ3v) is 3.87. The van der Waals surface area contributed by atoms with E-state index in [2.05, 4.69) is 5.32 Å². The normalized spacial score (nSPS) is 19.7. The molecule has 0 aromatic heterocycles. The summed E-state index contributed by atoms with van der Waals surface area (Å²) in [7, 11) is 0. The molecule has 0 aliphatic carbocycles. The average Bonchev–Trinajstić information content (AvgIpc) is 2.34. The smallest absolute Gasteiger partial charge is 0.173 e. The number of aliphatic hydroxyl groups is 1. The van der Waals surface area contributed by atoms with Crippen LogP contribution in [0.1, 0.15) is 18.4 Å². The molecule has 0 unspecified atom stereocenters. The standard InChI is InChI=1S/C13H17ClN2OS/c1-9-4-5-10(7-12(9)14)15-13(18)16-6-2-3-11(17)8-16/h4-5,7,11,17H,2-3,6,8H2,1H3,(H,15,18)/t11-/m0/s1. The van der Waals surface area contributed by atoms with Crippen molar-refractivity contribution in [3.63, 3.8) is 0 Å². The Balaban J connectivity index is 2.00. The van der Waals surface area contributed by atoms with Crippen LogP contribution in [0.3, 0.4) is 0 Å². The van der Waals surface area contributed by atoms with E-state index in [1.807, 2.05) is 30.0 Å². The molecule has 2 rings (SSSR count). The first-order valence-corrected chi connectivity index (χ1v) is 6.85. The number of rotatable bonds is 1. The quantitative estimate of drug-likeness (QED) is 0.778. The number of hydrogen-bond acceptors (Lipinski definition) is 2. The van der Waals surface area contributed by atoms with Gasteiger partial charge in [-0.1, -0.05) is 17.7 Å². The highest BCUT2D eigenvalue weighted by Gasteiger charge is 2.19.